The number of hydrogen-bond acceptors (Lipinski definition) is 2. The predicted molar refractivity (Wildman–Crippen MR) is 52.8 cm³/mol. The van der Waals surface area contributed by atoms with Crippen molar-refractivity contribution in [1.29, 1.82) is 0 Å². The minimum atomic E-state index is -0.451. The quantitative estimate of drug-likeness (QED) is 0.555. The van der Waals surface area contributed by atoms with Gasteiger partial charge in [0.1, 0.15) is 5.60 Å². The Kier molecular flexibility index (Phi) is 3.00. The third-order valence-electron chi connectivity index (χ3n) is 2.00. The van der Waals surface area contributed by atoms with Gasteiger partial charge in [-0.25, -0.2) is 11.4 Å². The van der Waals surface area contributed by atoms with Crippen LogP contribution >= 0.6 is 0 Å². The third-order valence-corrected chi connectivity index (χ3v) is 2.00. The summed E-state index contributed by atoms with van der Waals surface area (Å²) in [5, 5.41) is 0. The van der Waals surface area contributed by atoms with Crippen LogP contribution in [0.4, 0.5) is 4.79 Å². The van der Waals surface area contributed by atoms with Gasteiger partial charge in [-0.1, -0.05) is 0 Å². The molecule has 1 atom stereocenters. The summed E-state index contributed by atoms with van der Waals surface area (Å²) in [6.45, 7) is 13.5. The molecule has 1 amide bonds. The standard InChI is InChI=1S/C10H16N2O2/c1-10(2,3)14-9(13)12-6-5-8(7-12)11-4/h8H,5-7H2,1-3H3. The molecule has 1 fully saturated rings. The number of amides is 1. The SMILES string of the molecule is [C-]#[N+]C1CCN(C(=O)OC(C)(C)C)C1. The van der Waals surface area contributed by atoms with Crippen LogP contribution < -0.4 is 0 Å². The second kappa shape index (κ2) is 3.87. The van der Waals surface area contributed by atoms with Gasteiger partial charge in [-0.05, 0) is 20.8 Å². The molecule has 4 heteroatoms. The number of ether oxygens (including phenoxy) is 1. The Hall–Kier alpha value is -1.24. The highest BCUT2D eigenvalue weighted by molar-refractivity contribution is 5.68. The molecule has 1 unspecified atom stereocenters. The van der Waals surface area contributed by atoms with Crippen molar-refractivity contribution in [1.82, 2.24) is 4.90 Å². The van der Waals surface area contributed by atoms with Crippen LogP contribution in [-0.4, -0.2) is 35.7 Å². The maximum atomic E-state index is 11.5. The molecule has 14 heavy (non-hydrogen) atoms. The molecule has 0 aromatic heterocycles. The number of carbonyl (C=O) groups is 1. The van der Waals surface area contributed by atoms with Crippen molar-refractivity contribution < 1.29 is 9.53 Å². The fourth-order valence-corrected chi connectivity index (χ4v) is 1.34. The predicted octanol–water partition coefficient (Wildman–Crippen LogP) is 1.92. The molecule has 1 aliphatic rings. The van der Waals surface area contributed by atoms with Crippen LogP contribution in [-0.2, 0) is 4.74 Å². The van der Waals surface area contributed by atoms with Gasteiger partial charge in [0.15, 0.2) is 0 Å². The van der Waals surface area contributed by atoms with E-state index in [9.17, 15) is 4.79 Å². The lowest BCUT2D eigenvalue weighted by Crippen LogP contribution is -2.35. The van der Waals surface area contributed by atoms with E-state index in [2.05, 4.69) is 4.85 Å². The number of carbonyl (C=O) groups excluding carboxylic acids is 1. The van der Waals surface area contributed by atoms with Crippen LogP contribution in [0.25, 0.3) is 4.85 Å². The van der Waals surface area contributed by atoms with Crippen LogP contribution in [0, 0.1) is 6.57 Å². The minimum Gasteiger partial charge on any atom is -0.444 e. The third kappa shape index (κ3) is 2.91. The van der Waals surface area contributed by atoms with Crippen molar-refractivity contribution in [3.63, 3.8) is 0 Å². The molecular weight excluding hydrogens is 180 g/mol. The summed E-state index contributed by atoms with van der Waals surface area (Å²) >= 11 is 0. The van der Waals surface area contributed by atoms with Gasteiger partial charge in [0.2, 0.25) is 6.04 Å². The summed E-state index contributed by atoms with van der Waals surface area (Å²) in [5.41, 5.74) is -0.451. The summed E-state index contributed by atoms with van der Waals surface area (Å²) in [6, 6.07) is -0.0393. The monoisotopic (exact) mass is 196 g/mol. The topological polar surface area (TPSA) is 33.9 Å². The molecule has 0 aromatic rings. The van der Waals surface area contributed by atoms with E-state index in [1.807, 2.05) is 20.8 Å². The van der Waals surface area contributed by atoms with E-state index in [1.165, 1.54) is 0 Å². The highest BCUT2D eigenvalue weighted by atomic mass is 16.6. The van der Waals surface area contributed by atoms with Gasteiger partial charge in [0, 0.05) is 13.0 Å². The van der Waals surface area contributed by atoms with E-state index in [0.29, 0.717) is 13.1 Å². The molecule has 0 saturated carbocycles. The van der Waals surface area contributed by atoms with Gasteiger partial charge in [0.05, 0.1) is 6.54 Å². The highest BCUT2D eigenvalue weighted by Gasteiger charge is 2.32. The maximum Gasteiger partial charge on any atom is 0.410 e. The minimum absolute atomic E-state index is 0.0393. The van der Waals surface area contributed by atoms with Crippen LogP contribution in [0.15, 0.2) is 0 Å². The lowest BCUT2D eigenvalue weighted by atomic mass is 10.2. The number of hydrogen-bond donors (Lipinski definition) is 0. The molecule has 78 valence electrons. The molecule has 1 aliphatic heterocycles. The Bertz CT molecular complexity index is 262. The average Bonchev–Trinajstić information content (AvgIpc) is 2.48. The van der Waals surface area contributed by atoms with Crippen LogP contribution in [0.3, 0.4) is 0 Å². The first-order chi connectivity index (χ1) is 6.42. The van der Waals surface area contributed by atoms with Crippen molar-refractivity contribution in [3.05, 3.63) is 11.4 Å². The molecule has 0 bridgehead atoms. The molecule has 0 spiro atoms. The van der Waals surface area contributed by atoms with E-state index in [0.717, 1.165) is 6.42 Å². The largest absolute Gasteiger partial charge is 0.444 e. The Morgan fingerprint density at radius 3 is 2.64 bits per heavy atom. The van der Waals surface area contributed by atoms with E-state index in [-0.39, 0.29) is 12.1 Å². The van der Waals surface area contributed by atoms with Gasteiger partial charge in [-0.2, -0.15) is 0 Å². The van der Waals surface area contributed by atoms with Gasteiger partial charge in [-0.15, -0.1) is 0 Å². The first-order valence-electron chi connectivity index (χ1n) is 4.77. The lowest BCUT2D eigenvalue weighted by molar-refractivity contribution is 0.0294. The van der Waals surface area contributed by atoms with Crippen molar-refractivity contribution in [2.45, 2.75) is 38.8 Å². The average molecular weight is 196 g/mol. The van der Waals surface area contributed by atoms with Gasteiger partial charge < -0.3 is 14.5 Å². The molecule has 0 radical (unpaired) electrons. The van der Waals surface area contributed by atoms with Crippen LogP contribution in [0.2, 0.25) is 0 Å². The molecule has 1 heterocycles. The number of rotatable bonds is 0. The normalized spacial score (nSPS) is 21.9. The number of nitrogens with zero attached hydrogens (tertiary/aromatic N) is 2. The second-order valence-electron chi connectivity index (χ2n) is 4.50. The summed E-state index contributed by atoms with van der Waals surface area (Å²) in [6.07, 6.45) is 0.464. The van der Waals surface area contributed by atoms with Crippen LogP contribution in [0.1, 0.15) is 27.2 Å². The van der Waals surface area contributed by atoms with Crippen molar-refractivity contribution in [3.8, 4) is 0 Å². The van der Waals surface area contributed by atoms with Crippen molar-refractivity contribution in [2.75, 3.05) is 13.1 Å². The summed E-state index contributed by atoms with van der Waals surface area (Å²) < 4.78 is 5.20. The molecule has 0 aromatic carbocycles. The first kappa shape index (κ1) is 10.8. The molecule has 1 rings (SSSR count). The fourth-order valence-electron chi connectivity index (χ4n) is 1.34. The van der Waals surface area contributed by atoms with E-state index in [1.54, 1.807) is 4.90 Å². The van der Waals surface area contributed by atoms with Crippen molar-refractivity contribution in [2.24, 2.45) is 0 Å². The fraction of sp³-hybridized carbons (Fsp3) is 0.800. The molecule has 0 N–H and O–H groups in total. The van der Waals surface area contributed by atoms with Gasteiger partial charge in [0.25, 0.3) is 0 Å². The number of likely N-dealkylation sites (tertiary alicyclic amines) is 1. The molecule has 0 aliphatic carbocycles. The van der Waals surface area contributed by atoms with E-state index in [4.69, 9.17) is 11.3 Å². The first-order valence-corrected chi connectivity index (χ1v) is 4.77. The Labute approximate surface area is 84.7 Å². The summed E-state index contributed by atoms with van der Waals surface area (Å²) in [7, 11) is 0. The Balaban J connectivity index is 2.45. The second-order valence-corrected chi connectivity index (χ2v) is 4.50. The zero-order chi connectivity index (χ0) is 10.8. The molecular formula is C10H16N2O2. The zero-order valence-corrected chi connectivity index (χ0v) is 8.91. The highest BCUT2D eigenvalue weighted by Crippen LogP contribution is 2.16. The summed E-state index contributed by atoms with van der Waals surface area (Å²) in [5.74, 6) is 0. The molecule has 4 nitrogen and oxygen atoms in total. The summed E-state index contributed by atoms with van der Waals surface area (Å²) in [4.78, 5) is 16.5. The van der Waals surface area contributed by atoms with Gasteiger partial charge in [-0.3, -0.25) is 0 Å². The molecule has 1 saturated heterocycles. The van der Waals surface area contributed by atoms with E-state index < -0.39 is 5.60 Å². The Morgan fingerprint density at radius 2 is 2.21 bits per heavy atom. The smallest absolute Gasteiger partial charge is 0.410 e. The Morgan fingerprint density at radius 1 is 1.57 bits per heavy atom. The van der Waals surface area contributed by atoms with Crippen LogP contribution in [0.5, 0.6) is 0 Å². The zero-order valence-electron chi connectivity index (χ0n) is 8.91. The van der Waals surface area contributed by atoms with Gasteiger partial charge >= 0.3 is 6.09 Å². The lowest BCUT2D eigenvalue weighted by Gasteiger charge is -2.23. The van der Waals surface area contributed by atoms with Crippen molar-refractivity contribution >= 4 is 6.09 Å². The van der Waals surface area contributed by atoms with E-state index >= 15 is 0 Å². The maximum absolute atomic E-state index is 11.5.